The molecule has 0 aromatic heterocycles. The second kappa shape index (κ2) is 4.80. The number of hydrogen-bond donors (Lipinski definition) is 1. The van der Waals surface area contributed by atoms with E-state index in [-0.39, 0.29) is 42.8 Å². The van der Waals surface area contributed by atoms with E-state index in [1.54, 1.807) is 0 Å². The Morgan fingerprint density at radius 1 is 1.31 bits per heavy atom. The van der Waals surface area contributed by atoms with Gasteiger partial charge in [-0.2, -0.15) is 17.2 Å². The van der Waals surface area contributed by atoms with Gasteiger partial charge < -0.3 is 1.43 Å². The molecule has 2 rings (SSSR count). The van der Waals surface area contributed by atoms with Crippen molar-refractivity contribution < 1.29 is 52.7 Å². The van der Waals surface area contributed by atoms with Crippen molar-refractivity contribution in [2.75, 3.05) is 0 Å². The fourth-order valence-electron chi connectivity index (χ4n) is 3.04. The van der Waals surface area contributed by atoms with Crippen LogP contribution in [-0.4, -0.2) is 18.2 Å². The topological polar surface area (TPSA) is 54.4 Å². The van der Waals surface area contributed by atoms with Gasteiger partial charge in [0.1, 0.15) is 0 Å². The largest absolute Gasteiger partial charge is 1.00 e. The summed E-state index contributed by atoms with van der Waals surface area (Å²) in [6, 6.07) is 0. The van der Waals surface area contributed by atoms with Gasteiger partial charge in [-0.3, -0.25) is 4.55 Å². The van der Waals surface area contributed by atoms with Crippen LogP contribution in [0.15, 0.2) is 0 Å². The Kier molecular flexibility index (Phi) is 4.45. The first-order chi connectivity index (χ1) is 6.79. The molecule has 0 heterocycles. The average Bonchev–Trinajstić information content (AvgIpc) is 2.61. The van der Waals surface area contributed by atoms with Crippen molar-refractivity contribution in [3.63, 3.8) is 0 Å². The molecule has 7 heteroatoms. The van der Waals surface area contributed by atoms with Gasteiger partial charge in [0.2, 0.25) is 0 Å². The summed E-state index contributed by atoms with van der Waals surface area (Å²) in [5.41, 5.74) is 0. The molecule has 3 nitrogen and oxygen atoms in total. The summed E-state index contributed by atoms with van der Waals surface area (Å²) in [5, 5.41) is -3.97. The average molecular weight is 264 g/mol. The van der Waals surface area contributed by atoms with Crippen molar-refractivity contribution >= 4 is 10.1 Å². The summed E-state index contributed by atoms with van der Waals surface area (Å²) >= 11 is 0. The Balaban J connectivity index is 0.00000128. The molecule has 2 aliphatic rings. The van der Waals surface area contributed by atoms with Crippen molar-refractivity contribution in [3.8, 4) is 0 Å². The minimum absolute atomic E-state index is 0. The molecule has 0 spiro atoms. The van der Waals surface area contributed by atoms with Crippen LogP contribution in [0.25, 0.3) is 0 Å². The van der Waals surface area contributed by atoms with Crippen LogP contribution in [-0.2, 0) is 10.1 Å². The Morgan fingerprint density at radius 2 is 1.94 bits per heavy atom. The van der Waals surface area contributed by atoms with Crippen LogP contribution >= 0.6 is 0 Å². The summed E-state index contributed by atoms with van der Waals surface area (Å²) in [6.45, 7) is 0. The maximum Gasteiger partial charge on any atom is 1.00 e. The molecule has 0 aromatic carbocycles. The van der Waals surface area contributed by atoms with Gasteiger partial charge >= 0.3 is 44.9 Å². The van der Waals surface area contributed by atoms with E-state index in [1.165, 1.54) is 0 Å². The van der Waals surface area contributed by atoms with Gasteiger partial charge in [0.05, 0.1) is 0 Å². The number of hydrogen-bond acceptors (Lipinski definition) is 2. The monoisotopic (exact) mass is 264 g/mol. The molecular formula is C9H15F2NaO3S. The van der Waals surface area contributed by atoms with E-state index < -0.39 is 21.8 Å². The van der Waals surface area contributed by atoms with Gasteiger partial charge in [-0.15, -0.1) is 0 Å². The van der Waals surface area contributed by atoms with Gasteiger partial charge in [0.25, 0.3) is 0 Å². The van der Waals surface area contributed by atoms with Crippen LogP contribution in [0.5, 0.6) is 0 Å². The molecule has 0 aliphatic heterocycles. The normalized spacial score (nSPS) is 33.8. The molecule has 0 radical (unpaired) electrons. The Labute approximate surface area is 118 Å². The molecule has 2 saturated carbocycles. The van der Waals surface area contributed by atoms with E-state index in [4.69, 9.17) is 4.55 Å². The number of fused-ring (bicyclic) bond motifs is 2. The van der Waals surface area contributed by atoms with Gasteiger partial charge in [-0.25, -0.2) is 0 Å². The molecule has 3 unspecified atom stereocenters. The quantitative estimate of drug-likeness (QED) is 0.547. The van der Waals surface area contributed by atoms with E-state index in [2.05, 4.69) is 0 Å². The van der Waals surface area contributed by atoms with Crippen molar-refractivity contribution in [1.82, 2.24) is 0 Å². The SMILES string of the molecule is O=S(=O)(O)C(F)(F)CC1CC2CCC1C2.[H-].[Na+]. The maximum atomic E-state index is 13.1. The van der Waals surface area contributed by atoms with E-state index in [0.29, 0.717) is 12.3 Å². The molecule has 0 saturated heterocycles. The molecule has 2 aliphatic carbocycles. The molecule has 16 heavy (non-hydrogen) atoms. The summed E-state index contributed by atoms with van der Waals surface area (Å²) in [4.78, 5) is 0. The van der Waals surface area contributed by atoms with Crippen LogP contribution in [0.1, 0.15) is 33.5 Å². The molecule has 2 fully saturated rings. The third-order valence-corrected chi connectivity index (χ3v) is 4.68. The fraction of sp³-hybridized carbons (Fsp3) is 1.00. The molecule has 0 aromatic rings. The van der Waals surface area contributed by atoms with Crippen molar-refractivity contribution in [1.29, 1.82) is 0 Å². The van der Waals surface area contributed by atoms with Gasteiger partial charge in [-0.1, -0.05) is 6.42 Å². The third-order valence-electron chi connectivity index (χ3n) is 3.76. The van der Waals surface area contributed by atoms with Gasteiger partial charge in [-0.05, 0) is 37.0 Å². The Hall–Kier alpha value is 0.770. The van der Waals surface area contributed by atoms with E-state index in [1.807, 2.05) is 0 Å². The van der Waals surface area contributed by atoms with Gasteiger partial charge in [0, 0.05) is 6.42 Å². The Bertz CT molecular complexity index is 363. The second-order valence-electron chi connectivity index (χ2n) is 4.75. The predicted molar refractivity (Wildman–Crippen MR) is 51.2 cm³/mol. The molecule has 0 amide bonds. The van der Waals surface area contributed by atoms with E-state index in [0.717, 1.165) is 19.3 Å². The van der Waals surface area contributed by atoms with Crippen molar-refractivity contribution in [3.05, 3.63) is 0 Å². The number of alkyl halides is 2. The first-order valence-electron chi connectivity index (χ1n) is 5.14. The van der Waals surface area contributed by atoms with E-state index in [9.17, 15) is 17.2 Å². The number of rotatable bonds is 3. The van der Waals surface area contributed by atoms with E-state index >= 15 is 0 Å². The molecule has 2 bridgehead atoms. The molecule has 90 valence electrons. The third kappa shape index (κ3) is 2.77. The number of halogens is 2. The van der Waals surface area contributed by atoms with Crippen LogP contribution in [0.3, 0.4) is 0 Å². The van der Waals surface area contributed by atoms with Crippen LogP contribution in [0, 0.1) is 17.8 Å². The Morgan fingerprint density at radius 3 is 2.31 bits per heavy atom. The minimum atomic E-state index is -5.24. The first-order valence-corrected chi connectivity index (χ1v) is 6.58. The van der Waals surface area contributed by atoms with Crippen LogP contribution < -0.4 is 29.6 Å². The van der Waals surface area contributed by atoms with Crippen molar-refractivity contribution in [2.45, 2.75) is 37.4 Å². The summed E-state index contributed by atoms with van der Waals surface area (Å²) in [7, 11) is -5.24. The van der Waals surface area contributed by atoms with Crippen molar-refractivity contribution in [2.24, 2.45) is 17.8 Å². The maximum absolute atomic E-state index is 13.1. The second-order valence-corrected chi connectivity index (χ2v) is 6.30. The first kappa shape index (κ1) is 14.8. The summed E-state index contributed by atoms with van der Waals surface area (Å²) < 4.78 is 55.4. The summed E-state index contributed by atoms with van der Waals surface area (Å²) in [5.74, 6) is 0.500. The standard InChI is InChI=1S/C9H14F2O3S.Na.H/c10-9(11,15(12,13)14)5-8-4-6-1-2-7(8)3-6;;/h6-8H,1-5H2,(H,12,13,14);;/q;+1;-1. The zero-order valence-electron chi connectivity index (χ0n) is 10.2. The molecule has 1 N–H and O–H groups in total. The van der Waals surface area contributed by atoms with Crippen LogP contribution in [0.4, 0.5) is 8.78 Å². The van der Waals surface area contributed by atoms with Crippen LogP contribution in [0.2, 0.25) is 0 Å². The molecule has 3 atom stereocenters. The zero-order chi connectivity index (χ0) is 11.3. The van der Waals surface area contributed by atoms with Gasteiger partial charge in [0.15, 0.2) is 0 Å². The summed E-state index contributed by atoms with van der Waals surface area (Å²) in [6.07, 6.45) is 2.94. The minimum Gasteiger partial charge on any atom is -1.00 e. The smallest absolute Gasteiger partial charge is 1.00 e. The fourth-order valence-corrected chi connectivity index (χ4v) is 3.46. The zero-order valence-corrected chi connectivity index (χ0v) is 12.0. The predicted octanol–water partition coefficient (Wildman–Crippen LogP) is -0.590. The molecular weight excluding hydrogens is 249 g/mol.